The van der Waals surface area contributed by atoms with E-state index in [1.54, 1.807) is 25.2 Å². The standard InChI is InChI=1S/C28H23N5O/c1-18-16-22(12-14-25(18)33-29-2)30-28-24-17-23(34)13-15-26(24)31-27(32-28)21-10-8-20(9-11-21)19-6-4-3-5-7-19/h3-17,34H,1-2H3,(H,30,31,32). The zero-order valence-corrected chi connectivity index (χ0v) is 18.9. The number of phenols is 1. The van der Waals surface area contributed by atoms with Gasteiger partial charge in [0.05, 0.1) is 11.2 Å². The van der Waals surface area contributed by atoms with E-state index in [4.69, 9.17) is 9.97 Å². The van der Waals surface area contributed by atoms with Crippen molar-refractivity contribution in [1.29, 1.82) is 0 Å². The fourth-order valence-electron chi connectivity index (χ4n) is 3.87. The highest BCUT2D eigenvalue weighted by atomic mass is 16.3. The number of fused-ring (bicyclic) bond motifs is 1. The molecule has 6 nitrogen and oxygen atoms in total. The molecule has 0 bridgehead atoms. The van der Waals surface area contributed by atoms with Gasteiger partial charge in [-0.15, -0.1) is 0 Å². The van der Waals surface area contributed by atoms with Crippen molar-refractivity contribution in [2.75, 3.05) is 12.4 Å². The van der Waals surface area contributed by atoms with E-state index < -0.39 is 0 Å². The van der Waals surface area contributed by atoms with Gasteiger partial charge < -0.3 is 10.4 Å². The van der Waals surface area contributed by atoms with Crippen LogP contribution in [0.5, 0.6) is 5.75 Å². The van der Waals surface area contributed by atoms with Crippen LogP contribution in [0.3, 0.4) is 0 Å². The number of rotatable bonds is 5. The smallest absolute Gasteiger partial charge is 0.162 e. The Labute approximate surface area is 197 Å². The van der Waals surface area contributed by atoms with E-state index in [0.717, 1.165) is 44.5 Å². The maximum Gasteiger partial charge on any atom is 0.162 e. The quantitative estimate of drug-likeness (QED) is 0.275. The van der Waals surface area contributed by atoms with Crippen LogP contribution in [0.4, 0.5) is 17.2 Å². The number of anilines is 2. The molecule has 166 valence electrons. The second-order valence-corrected chi connectivity index (χ2v) is 7.97. The molecule has 34 heavy (non-hydrogen) atoms. The predicted octanol–water partition coefficient (Wildman–Crippen LogP) is 7.43. The van der Waals surface area contributed by atoms with Crippen molar-refractivity contribution < 1.29 is 5.11 Å². The molecule has 0 fully saturated rings. The fraction of sp³-hybridized carbons (Fsp3) is 0.0714. The van der Waals surface area contributed by atoms with Gasteiger partial charge in [0.1, 0.15) is 11.6 Å². The lowest BCUT2D eigenvalue weighted by molar-refractivity contribution is 0.476. The lowest BCUT2D eigenvalue weighted by Gasteiger charge is -2.13. The molecule has 0 aliphatic heterocycles. The summed E-state index contributed by atoms with van der Waals surface area (Å²) < 4.78 is 0. The van der Waals surface area contributed by atoms with Gasteiger partial charge in [-0.3, -0.25) is 0 Å². The summed E-state index contributed by atoms with van der Waals surface area (Å²) in [5, 5.41) is 22.2. The zero-order chi connectivity index (χ0) is 23.5. The number of aromatic nitrogens is 2. The number of nitrogens with zero attached hydrogens (tertiary/aromatic N) is 4. The molecule has 0 aliphatic rings. The highest BCUT2D eigenvalue weighted by Crippen LogP contribution is 2.32. The molecular weight excluding hydrogens is 422 g/mol. The number of aryl methyl sites for hydroxylation is 1. The Morgan fingerprint density at radius 3 is 2.24 bits per heavy atom. The van der Waals surface area contributed by atoms with E-state index in [2.05, 4.69) is 39.8 Å². The Hall–Kier alpha value is -4.58. The molecule has 0 spiro atoms. The third-order valence-corrected chi connectivity index (χ3v) is 5.60. The number of aromatic hydroxyl groups is 1. The minimum atomic E-state index is 0.161. The summed E-state index contributed by atoms with van der Waals surface area (Å²) >= 11 is 0. The summed E-state index contributed by atoms with van der Waals surface area (Å²) in [6.07, 6.45) is 0. The average molecular weight is 446 g/mol. The van der Waals surface area contributed by atoms with Crippen LogP contribution in [-0.4, -0.2) is 22.1 Å². The van der Waals surface area contributed by atoms with E-state index in [0.29, 0.717) is 11.6 Å². The number of hydrogen-bond donors (Lipinski definition) is 2. The van der Waals surface area contributed by atoms with Crippen molar-refractivity contribution in [3.05, 3.63) is 96.6 Å². The summed E-state index contributed by atoms with van der Waals surface area (Å²) in [6.45, 7) is 1.98. The second kappa shape index (κ2) is 9.11. The van der Waals surface area contributed by atoms with E-state index in [1.807, 2.05) is 55.5 Å². The molecule has 0 atom stereocenters. The molecule has 0 unspecified atom stereocenters. The molecule has 1 aromatic heterocycles. The maximum absolute atomic E-state index is 10.1. The van der Waals surface area contributed by atoms with Crippen molar-refractivity contribution in [2.45, 2.75) is 6.92 Å². The highest BCUT2D eigenvalue weighted by Gasteiger charge is 2.12. The van der Waals surface area contributed by atoms with Crippen molar-refractivity contribution in [1.82, 2.24) is 9.97 Å². The summed E-state index contributed by atoms with van der Waals surface area (Å²) in [5.41, 5.74) is 6.62. The normalized spacial score (nSPS) is 11.2. The van der Waals surface area contributed by atoms with Crippen LogP contribution in [-0.2, 0) is 0 Å². The molecule has 0 amide bonds. The third-order valence-electron chi connectivity index (χ3n) is 5.60. The van der Waals surface area contributed by atoms with Gasteiger partial charge in [-0.25, -0.2) is 9.97 Å². The first-order valence-corrected chi connectivity index (χ1v) is 10.9. The van der Waals surface area contributed by atoms with Crippen LogP contribution in [0, 0.1) is 6.92 Å². The number of phenolic OH excluding ortho intramolecular Hbond substituents is 1. The fourth-order valence-corrected chi connectivity index (χ4v) is 3.87. The average Bonchev–Trinajstić information content (AvgIpc) is 2.86. The molecule has 0 saturated carbocycles. The van der Waals surface area contributed by atoms with E-state index in [1.165, 1.54) is 0 Å². The molecule has 5 aromatic rings. The van der Waals surface area contributed by atoms with E-state index in [9.17, 15) is 5.11 Å². The van der Waals surface area contributed by atoms with Crippen LogP contribution in [0.1, 0.15) is 5.56 Å². The Bertz CT molecular complexity index is 1500. The van der Waals surface area contributed by atoms with E-state index in [-0.39, 0.29) is 5.75 Å². The summed E-state index contributed by atoms with van der Waals surface area (Å²) in [5.74, 6) is 1.38. The van der Waals surface area contributed by atoms with Crippen molar-refractivity contribution >= 4 is 28.1 Å². The van der Waals surface area contributed by atoms with Crippen molar-refractivity contribution in [3.8, 4) is 28.3 Å². The van der Waals surface area contributed by atoms with Gasteiger partial charge in [-0.2, -0.15) is 10.2 Å². The van der Waals surface area contributed by atoms with Gasteiger partial charge in [0.15, 0.2) is 5.82 Å². The lowest BCUT2D eigenvalue weighted by Crippen LogP contribution is -1.99. The van der Waals surface area contributed by atoms with Crippen LogP contribution in [0.15, 0.2) is 101 Å². The Kier molecular flexibility index (Phi) is 5.70. The Morgan fingerprint density at radius 2 is 1.50 bits per heavy atom. The number of azo groups is 1. The Balaban J connectivity index is 1.55. The van der Waals surface area contributed by atoms with Gasteiger partial charge in [-0.1, -0.05) is 54.6 Å². The van der Waals surface area contributed by atoms with Gasteiger partial charge in [0.2, 0.25) is 0 Å². The predicted molar refractivity (Wildman–Crippen MR) is 137 cm³/mol. The molecule has 2 N–H and O–H groups in total. The van der Waals surface area contributed by atoms with Crippen molar-refractivity contribution in [3.63, 3.8) is 0 Å². The number of hydrogen-bond acceptors (Lipinski definition) is 6. The second-order valence-electron chi connectivity index (χ2n) is 7.97. The van der Waals surface area contributed by atoms with Crippen molar-refractivity contribution in [2.24, 2.45) is 10.2 Å². The van der Waals surface area contributed by atoms with Gasteiger partial charge in [-0.05, 0) is 60.0 Å². The monoisotopic (exact) mass is 445 g/mol. The zero-order valence-electron chi connectivity index (χ0n) is 18.9. The third kappa shape index (κ3) is 4.34. The summed E-state index contributed by atoms with van der Waals surface area (Å²) in [6, 6.07) is 29.4. The lowest BCUT2D eigenvalue weighted by atomic mass is 10.0. The molecular formula is C28H23N5O. The molecule has 5 rings (SSSR count). The Morgan fingerprint density at radius 1 is 0.765 bits per heavy atom. The largest absolute Gasteiger partial charge is 0.508 e. The molecule has 4 aromatic carbocycles. The molecule has 6 heteroatoms. The van der Waals surface area contributed by atoms with Crippen LogP contribution < -0.4 is 5.32 Å². The number of nitrogens with one attached hydrogen (secondary N) is 1. The highest BCUT2D eigenvalue weighted by molar-refractivity contribution is 5.93. The SMILES string of the molecule is CN=Nc1ccc(Nc2nc(-c3ccc(-c4ccccc4)cc3)nc3ccc(O)cc23)cc1C. The maximum atomic E-state index is 10.1. The van der Waals surface area contributed by atoms with Crippen LogP contribution >= 0.6 is 0 Å². The molecule has 0 radical (unpaired) electrons. The molecule has 0 aliphatic carbocycles. The number of benzene rings is 4. The molecule has 0 saturated heterocycles. The first-order valence-electron chi connectivity index (χ1n) is 10.9. The van der Waals surface area contributed by atoms with Gasteiger partial charge >= 0.3 is 0 Å². The first-order chi connectivity index (χ1) is 16.6. The summed E-state index contributed by atoms with van der Waals surface area (Å²) in [4.78, 5) is 9.58. The topological polar surface area (TPSA) is 82.8 Å². The van der Waals surface area contributed by atoms with Crippen LogP contribution in [0.2, 0.25) is 0 Å². The molecule has 1 heterocycles. The minimum absolute atomic E-state index is 0.161. The van der Waals surface area contributed by atoms with Crippen LogP contribution in [0.25, 0.3) is 33.4 Å². The first kappa shape index (κ1) is 21.3. The minimum Gasteiger partial charge on any atom is -0.508 e. The van der Waals surface area contributed by atoms with Gasteiger partial charge in [0, 0.05) is 23.7 Å². The van der Waals surface area contributed by atoms with Gasteiger partial charge in [0.25, 0.3) is 0 Å². The van der Waals surface area contributed by atoms with E-state index >= 15 is 0 Å². The summed E-state index contributed by atoms with van der Waals surface area (Å²) in [7, 11) is 1.65.